The smallest absolute Gasteiger partial charge is 0.225 e. The molecule has 0 unspecified atom stereocenters. The number of rotatable bonds is 7. The van der Waals surface area contributed by atoms with Crippen LogP contribution in [0.4, 0.5) is 5.69 Å². The lowest BCUT2D eigenvalue weighted by molar-refractivity contribution is -0.116. The largest absolute Gasteiger partial charge is 0.326 e. The Kier molecular flexibility index (Phi) is 6.32. The lowest BCUT2D eigenvalue weighted by atomic mass is 10.1. The van der Waals surface area contributed by atoms with Crippen LogP contribution in [-0.4, -0.2) is 18.2 Å². The molecule has 0 fully saturated rings. The molecule has 4 nitrogen and oxygen atoms in total. The van der Waals surface area contributed by atoms with Crippen molar-refractivity contribution in [1.82, 2.24) is 5.32 Å². The Hall–Kier alpha value is -2.17. The Labute approximate surface area is 140 Å². The fourth-order valence-electron chi connectivity index (χ4n) is 2.05. The highest BCUT2D eigenvalue weighted by atomic mass is 35.5. The fraction of sp³-hybridized carbons (Fsp3) is 0.222. The molecule has 0 aliphatic rings. The molecule has 0 atom stereocenters. The van der Waals surface area contributed by atoms with Gasteiger partial charge in [0.2, 0.25) is 5.91 Å². The number of nitrogens with one attached hydrogen (secondary N) is 2. The highest BCUT2D eigenvalue weighted by Gasteiger charge is 2.03. The summed E-state index contributed by atoms with van der Waals surface area (Å²) in [6, 6.07) is 14.5. The monoisotopic (exact) mass is 330 g/mol. The van der Waals surface area contributed by atoms with Crippen molar-refractivity contribution in [2.45, 2.75) is 19.9 Å². The van der Waals surface area contributed by atoms with Gasteiger partial charge in [0.15, 0.2) is 5.78 Å². The van der Waals surface area contributed by atoms with Crippen molar-refractivity contribution in [3.05, 3.63) is 64.7 Å². The predicted molar refractivity (Wildman–Crippen MR) is 92.9 cm³/mol. The van der Waals surface area contributed by atoms with Gasteiger partial charge in [0, 0.05) is 35.8 Å². The lowest BCUT2D eigenvalue weighted by Crippen LogP contribution is -2.21. The molecule has 0 heterocycles. The van der Waals surface area contributed by atoms with Crippen LogP contribution in [0, 0.1) is 0 Å². The molecule has 0 aliphatic heterocycles. The summed E-state index contributed by atoms with van der Waals surface area (Å²) in [4.78, 5) is 23.0. The average Bonchev–Trinajstić information content (AvgIpc) is 2.54. The van der Waals surface area contributed by atoms with Crippen LogP contribution >= 0.6 is 11.6 Å². The summed E-state index contributed by atoms with van der Waals surface area (Å²) in [7, 11) is 0. The number of Topliss-reactive ketones (excluding diaryl/α,β-unsaturated/α-hetero) is 1. The first kappa shape index (κ1) is 17.2. The highest BCUT2D eigenvalue weighted by Crippen LogP contribution is 2.11. The molecule has 120 valence electrons. The fourth-order valence-corrected chi connectivity index (χ4v) is 2.17. The second-order valence-electron chi connectivity index (χ2n) is 5.23. The Morgan fingerprint density at radius 3 is 2.26 bits per heavy atom. The van der Waals surface area contributed by atoms with Crippen molar-refractivity contribution in [1.29, 1.82) is 0 Å². The van der Waals surface area contributed by atoms with Crippen LogP contribution in [0.3, 0.4) is 0 Å². The number of halogens is 1. The standard InChI is InChI=1S/C18H19ClN2O2/c1-13(22)15-4-8-17(9-5-15)21-18(23)10-11-20-12-14-2-6-16(19)7-3-14/h2-9,20H,10-12H2,1H3,(H,21,23). The minimum absolute atomic E-state index is 0.00859. The molecular weight excluding hydrogens is 312 g/mol. The molecule has 1 amide bonds. The maximum absolute atomic E-state index is 11.9. The van der Waals surface area contributed by atoms with E-state index in [-0.39, 0.29) is 11.7 Å². The van der Waals surface area contributed by atoms with Crippen molar-refractivity contribution in [3.63, 3.8) is 0 Å². The molecule has 5 heteroatoms. The minimum atomic E-state index is -0.0656. The second-order valence-corrected chi connectivity index (χ2v) is 5.67. The molecule has 0 saturated carbocycles. The normalized spacial score (nSPS) is 10.3. The van der Waals surface area contributed by atoms with Gasteiger partial charge in [-0.15, -0.1) is 0 Å². The van der Waals surface area contributed by atoms with Crippen LogP contribution in [-0.2, 0) is 11.3 Å². The molecule has 2 rings (SSSR count). The van der Waals surface area contributed by atoms with Crippen molar-refractivity contribution in [2.24, 2.45) is 0 Å². The molecular formula is C18H19ClN2O2. The van der Waals surface area contributed by atoms with Gasteiger partial charge in [0.25, 0.3) is 0 Å². The van der Waals surface area contributed by atoms with Gasteiger partial charge in [0.1, 0.15) is 0 Å². The van der Waals surface area contributed by atoms with Crippen LogP contribution in [0.25, 0.3) is 0 Å². The topological polar surface area (TPSA) is 58.2 Å². The first-order valence-electron chi connectivity index (χ1n) is 7.40. The molecule has 23 heavy (non-hydrogen) atoms. The van der Waals surface area contributed by atoms with E-state index in [1.165, 1.54) is 6.92 Å². The quantitative estimate of drug-likeness (QED) is 0.601. The van der Waals surface area contributed by atoms with E-state index in [1.54, 1.807) is 24.3 Å². The minimum Gasteiger partial charge on any atom is -0.326 e. The number of anilines is 1. The highest BCUT2D eigenvalue weighted by molar-refractivity contribution is 6.30. The van der Waals surface area contributed by atoms with E-state index in [2.05, 4.69) is 10.6 Å². The summed E-state index contributed by atoms with van der Waals surface area (Å²) in [5, 5.41) is 6.73. The summed E-state index contributed by atoms with van der Waals surface area (Å²) in [6.07, 6.45) is 0.377. The van der Waals surface area contributed by atoms with Crippen LogP contribution in [0.5, 0.6) is 0 Å². The third-order valence-electron chi connectivity index (χ3n) is 3.35. The van der Waals surface area contributed by atoms with E-state index in [0.29, 0.717) is 35.8 Å². The third-order valence-corrected chi connectivity index (χ3v) is 3.60. The first-order chi connectivity index (χ1) is 11.0. The molecule has 0 aliphatic carbocycles. The van der Waals surface area contributed by atoms with Crippen molar-refractivity contribution < 1.29 is 9.59 Å². The van der Waals surface area contributed by atoms with Crippen LogP contribution in [0.15, 0.2) is 48.5 Å². The molecule has 0 bridgehead atoms. The molecule has 2 aromatic carbocycles. The summed E-state index contributed by atoms with van der Waals surface area (Å²) >= 11 is 5.83. The summed E-state index contributed by atoms with van der Waals surface area (Å²) in [6.45, 7) is 2.79. The zero-order chi connectivity index (χ0) is 16.7. The zero-order valence-electron chi connectivity index (χ0n) is 12.9. The van der Waals surface area contributed by atoms with Crippen LogP contribution in [0.1, 0.15) is 29.3 Å². The Balaban J connectivity index is 1.70. The third kappa shape index (κ3) is 5.85. The summed E-state index contributed by atoms with van der Waals surface area (Å²) in [5.41, 5.74) is 2.44. The van der Waals surface area contributed by atoms with Crippen molar-refractivity contribution in [3.8, 4) is 0 Å². The molecule has 2 N–H and O–H groups in total. The Bertz CT molecular complexity index is 666. The van der Waals surface area contributed by atoms with E-state index >= 15 is 0 Å². The van der Waals surface area contributed by atoms with Gasteiger partial charge in [0.05, 0.1) is 0 Å². The number of amides is 1. The Morgan fingerprint density at radius 2 is 1.65 bits per heavy atom. The SMILES string of the molecule is CC(=O)c1ccc(NC(=O)CCNCc2ccc(Cl)cc2)cc1. The summed E-state index contributed by atoms with van der Waals surface area (Å²) in [5.74, 6) is -0.0570. The number of ketones is 1. The van der Waals surface area contributed by atoms with Gasteiger partial charge < -0.3 is 10.6 Å². The van der Waals surface area contributed by atoms with Crippen LogP contribution < -0.4 is 10.6 Å². The van der Waals surface area contributed by atoms with Gasteiger partial charge in [-0.3, -0.25) is 9.59 Å². The van der Waals surface area contributed by atoms with Gasteiger partial charge in [-0.1, -0.05) is 23.7 Å². The molecule has 2 aromatic rings. The van der Waals surface area contributed by atoms with Gasteiger partial charge >= 0.3 is 0 Å². The maximum Gasteiger partial charge on any atom is 0.225 e. The predicted octanol–water partition coefficient (Wildman–Crippen LogP) is 3.66. The number of carbonyl (C=O) groups excluding carboxylic acids is 2. The number of hydrogen-bond acceptors (Lipinski definition) is 3. The van der Waals surface area contributed by atoms with E-state index in [4.69, 9.17) is 11.6 Å². The Morgan fingerprint density at radius 1 is 1.00 bits per heavy atom. The van der Waals surface area contributed by atoms with Gasteiger partial charge in [-0.2, -0.15) is 0 Å². The number of benzene rings is 2. The molecule has 0 spiro atoms. The number of hydrogen-bond donors (Lipinski definition) is 2. The molecule has 0 aromatic heterocycles. The summed E-state index contributed by atoms with van der Waals surface area (Å²) < 4.78 is 0. The van der Waals surface area contributed by atoms with Crippen molar-refractivity contribution in [2.75, 3.05) is 11.9 Å². The van der Waals surface area contributed by atoms with E-state index < -0.39 is 0 Å². The second kappa shape index (κ2) is 8.46. The average molecular weight is 331 g/mol. The van der Waals surface area contributed by atoms with E-state index in [0.717, 1.165) is 5.56 Å². The van der Waals surface area contributed by atoms with E-state index in [1.807, 2.05) is 24.3 Å². The number of carbonyl (C=O) groups is 2. The lowest BCUT2D eigenvalue weighted by Gasteiger charge is -2.07. The first-order valence-corrected chi connectivity index (χ1v) is 7.78. The van der Waals surface area contributed by atoms with E-state index in [9.17, 15) is 9.59 Å². The van der Waals surface area contributed by atoms with Crippen LogP contribution in [0.2, 0.25) is 5.02 Å². The zero-order valence-corrected chi connectivity index (χ0v) is 13.7. The maximum atomic E-state index is 11.9. The molecule has 0 saturated heterocycles. The van der Waals surface area contributed by atoms with Gasteiger partial charge in [-0.25, -0.2) is 0 Å². The molecule has 0 radical (unpaired) electrons. The van der Waals surface area contributed by atoms with Crippen molar-refractivity contribution >= 4 is 29.0 Å². The van der Waals surface area contributed by atoms with Gasteiger partial charge in [-0.05, 0) is 48.9 Å².